The smallest absolute Gasteiger partial charge is 0.117 e. The molecule has 0 aromatic carbocycles. The molecule has 11 heavy (non-hydrogen) atoms. The second kappa shape index (κ2) is 3.25. The maximum absolute atomic E-state index is 8.50. The van der Waals surface area contributed by atoms with Gasteiger partial charge in [-0.25, -0.2) is 0 Å². The lowest BCUT2D eigenvalue weighted by Gasteiger charge is -1.99. The monoisotopic (exact) mass is 148 g/mol. The predicted molar refractivity (Wildman–Crippen MR) is 44.0 cm³/mol. The van der Waals surface area contributed by atoms with Crippen LogP contribution in [0.4, 0.5) is 0 Å². The van der Waals surface area contributed by atoms with E-state index in [1.54, 1.807) is 0 Å². The largest absolute Gasteiger partial charge is 0.350 e. The first kappa shape index (κ1) is 7.87. The first-order valence-corrected chi connectivity index (χ1v) is 3.80. The summed E-state index contributed by atoms with van der Waals surface area (Å²) in [6.07, 6.45) is 1.02. The molecule has 0 radical (unpaired) electrons. The summed E-state index contributed by atoms with van der Waals surface area (Å²) in [7, 11) is 0. The first-order valence-electron chi connectivity index (χ1n) is 3.80. The Hall–Kier alpha value is -1.23. The van der Waals surface area contributed by atoms with E-state index in [2.05, 4.69) is 24.9 Å². The third-order valence-electron chi connectivity index (χ3n) is 1.50. The van der Waals surface area contributed by atoms with E-state index in [1.807, 2.05) is 12.1 Å². The summed E-state index contributed by atoms with van der Waals surface area (Å²) in [4.78, 5) is 3.03. The number of aromatic amines is 1. The maximum atomic E-state index is 8.50. The third-order valence-corrected chi connectivity index (χ3v) is 1.50. The highest BCUT2D eigenvalue weighted by Crippen LogP contribution is 2.06. The van der Waals surface area contributed by atoms with Crippen molar-refractivity contribution in [2.75, 3.05) is 0 Å². The van der Waals surface area contributed by atoms with Gasteiger partial charge in [-0.3, -0.25) is 0 Å². The number of hydrogen-bond acceptors (Lipinski definition) is 1. The fourth-order valence-electron chi connectivity index (χ4n) is 1.06. The molecule has 2 heteroatoms. The maximum Gasteiger partial charge on any atom is 0.117 e. The topological polar surface area (TPSA) is 39.6 Å². The van der Waals surface area contributed by atoms with Gasteiger partial charge >= 0.3 is 0 Å². The second-order valence-electron chi connectivity index (χ2n) is 3.11. The lowest BCUT2D eigenvalue weighted by molar-refractivity contribution is 0.637. The number of hydrogen-bond donors (Lipinski definition) is 1. The number of nitrogens with zero attached hydrogens (tertiary/aromatic N) is 1. The third kappa shape index (κ3) is 2.12. The van der Waals surface area contributed by atoms with Crippen molar-refractivity contribution < 1.29 is 0 Å². The minimum Gasteiger partial charge on any atom is -0.350 e. The van der Waals surface area contributed by atoms with E-state index >= 15 is 0 Å². The number of nitriles is 1. The summed E-state index contributed by atoms with van der Waals surface area (Å²) >= 11 is 0. The van der Waals surface area contributed by atoms with E-state index in [9.17, 15) is 0 Å². The Morgan fingerprint density at radius 1 is 1.55 bits per heavy atom. The fraction of sp³-hybridized carbons (Fsp3) is 0.444. The molecule has 0 spiro atoms. The summed E-state index contributed by atoms with van der Waals surface area (Å²) in [5, 5.41) is 8.50. The highest BCUT2D eigenvalue weighted by atomic mass is 14.7. The van der Waals surface area contributed by atoms with Crippen LogP contribution in [0, 0.1) is 17.2 Å². The van der Waals surface area contributed by atoms with Crippen molar-refractivity contribution in [3.05, 3.63) is 23.5 Å². The summed E-state index contributed by atoms with van der Waals surface area (Å²) in [6, 6.07) is 5.85. The summed E-state index contributed by atoms with van der Waals surface area (Å²) in [5.41, 5.74) is 1.80. The molecule has 58 valence electrons. The van der Waals surface area contributed by atoms with Gasteiger partial charge in [0, 0.05) is 5.69 Å². The summed E-state index contributed by atoms with van der Waals surface area (Å²) in [5.74, 6) is 0.639. The molecule has 1 heterocycles. The average Bonchev–Trinajstić information content (AvgIpc) is 2.34. The van der Waals surface area contributed by atoms with Gasteiger partial charge in [-0.15, -0.1) is 0 Å². The van der Waals surface area contributed by atoms with Gasteiger partial charge in [0.1, 0.15) is 11.8 Å². The van der Waals surface area contributed by atoms with E-state index in [0.29, 0.717) is 11.6 Å². The molecule has 0 aliphatic rings. The zero-order valence-electron chi connectivity index (χ0n) is 6.89. The number of nitrogens with one attached hydrogen (secondary N) is 1. The Balaban J connectivity index is 2.67. The zero-order valence-corrected chi connectivity index (χ0v) is 6.89. The first-order chi connectivity index (χ1) is 5.22. The standard InChI is InChI=1S/C9H12N2/c1-7(2)5-8-3-4-9(6-10)11-8/h3-4,7,11H,5H2,1-2H3. The number of rotatable bonds is 2. The van der Waals surface area contributed by atoms with Gasteiger partial charge in [0.15, 0.2) is 0 Å². The molecule has 0 aliphatic heterocycles. The molecule has 0 amide bonds. The Morgan fingerprint density at radius 2 is 2.27 bits per heavy atom. The van der Waals surface area contributed by atoms with Crippen LogP contribution in [0.25, 0.3) is 0 Å². The molecule has 1 aromatic rings. The van der Waals surface area contributed by atoms with Gasteiger partial charge in [0.05, 0.1) is 0 Å². The highest BCUT2D eigenvalue weighted by Gasteiger charge is 1.99. The van der Waals surface area contributed by atoms with Crippen molar-refractivity contribution in [3.8, 4) is 6.07 Å². The molecule has 0 aliphatic carbocycles. The van der Waals surface area contributed by atoms with Gasteiger partial charge in [-0.1, -0.05) is 13.8 Å². The van der Waals surface area contributed by atoms with Crippen LogP contribution in [0.2, 0.25) is 0 Å². The molecule has 0 fully saturated rings. The van der Waals surface area contributed by atoms with Crippen molar-refractivity contribution in [1.29, 1.82) is 5.26 Å². The van der Waals surface area contributed by atoms with Crippen LogP contribution in [0.3, 0.4) is 0 Å². The molecular weight excluding hydrogens is 136 g/mol. The van der Waals surface area contributed by atoms with Crippen LogP contribution in [-0.2, 0) is 6.42 Å². The van der Waals surface area contributed by atoms with Crippen molar-refractivity contribution in [3.63, 3.8) is 0 Å². The van der Waals surface area contributed by atoms with Crippen LogP contribution in [-0.4, -0.2) is 4.98 Å². The Kier molecular flexibility index (Phi) is 2.32. The van der Waals surface area contributed by atoms with E-state index in [4.69, 9.17) is 5.26 Å². The second-order valence-corrected chi connectivity index (χ2v) is 3.11. The van der Waals surface area contributed by atoms with Gasteiger partial charge < -0.3 is 4.98 Å². The number of H-pyrrole nitrogens is 1. The van der Waals surface area contributed by atoms with E-state index in [0.717, 1.165) is 12.1 Å². The Bertz CT molecular complexity index is 265. The molecular formula is C9H12N2. The van der Waals surface area contributed by atoms with Crippen LogP contribution < -0.4 is 0 Å². The quantitative estimate of drug-likeness (QED) is 0.685. The Labute approximate surface area is 66.9 Å². The van der Waals surface area contributed by atoms with Gasteiger partial charge in [0.25, 0.3) is 0 Å². The summed E-state index contributed by atoms with van der Waals surface area (Å²) in [6.45, 7) is 4.32. The fourth-order valence-corrected chi connectivity index (χ4v) is 1.06. The number of aromatic nitrogens is 1. The molecule has 2 nitrogen and oxygen atoms in total. The van der Waals surface area contributed by atoms with Crippen LogP contribution in [0.5, 0.6) is 0 Å². The molecule has 0 unspecified atom stereocenters. The molecule has 1 N–H and O–H groups in total. The lowest BCUT2D eigenvalue weighted by Crippen LogP contribution is -1.93. The highest BCUT2D eigenvalue weighted by molar-refractivity contribution is 5.24. The van der Waals surface area contributed by atoms with Crippen LogP contribution >= 0.6 is 0 Å². The van der Waals surface area contributed by atoms with Crippen molar-refractivity contribution in [1.82, 2.24) is 4.98 Å². The van der Waals surface area contributed by atoms with Gasteiger partial charge in [-0.2, -0.15) is 5.26 Å². The molecule has 0 bridgehead atoms. The molecule has 0 saturated heterocycles. The predicted octanol–water partition coefficient (Wildman–Crippen LogP) is 2.08. The lowest BCUT2D eigenvalue weighted by atomic mass is 10.1. The van der Waals surface area contributed by atoms with E-state index in [-0.39, 0.29) is 0 Å². The normalized spacial score (nSPS) is 10.0. The average molecular weight is 148 g/mol. The molecule has 0 saturated carbocycles. The van der Waals surface area contributed by atoms with Crippen LogP contribution in [0.1, 0.15) is 25.2 Å². The van der Waals surface area contributed by atoms with E-state index < -0.39 is 0 Å². The summed E-state index contributed by atoms with van der Waals surface area (Å²) < 4.78 is 0. The minimum absolute atomic E-state index is 0.639. The van der Waals surface area contributed by atoms with Crippen molar-refractivity contribution in [2.24, 2.45) is 5.92 Å². The Morgan fingerprint density at radius 3 is 2.73 bits per heavy atom. The van der Waals surface area contributed by atoms with Crippen LogP contribution in [0.15, 0.2) is 12.1 Å². The van der Waals surface area contributed by atoms with Crippen molar-refractivity contribution in [2.45, 2.75) is 20.3 Å². The van der Waals surface area contributed by atoms with Gasteiger partial charge in [0.2, 0.25) is 0 Å². The van der Waals surface area contributed by atoms with E-state index in [1.165, 1.54) is 0 Å². The minimum atomic E-state index is 0.639. The SMILES string of the molecule is CC(C)Cc1ccc(C#N)[nH]1. The van der Waals surface area contributed by atoms with Gasteiger partial charge in [-0.05, 0) is 24.5 Å². The molecule has 1 rings (SSSR count). The van der Waals surface area contributed by atoms with Crippen molar-refractivity contribution >= 4 is 0 Å². The molecule has 1 aromatic heterocycles. The zero-order chi connectivity index (χ0) is 8.27. The molecule has 0 atom stereocenters.